The maximum atomic E-state index is 12.7. The number of benzene rings is 2. The Morgan fingerprint density at radius 1 is 1.24 bits per heavy atom. The van der Waals surface area contributed by atoms with Gasteiger partial charge >= 0.3 is 0 Å². The lowest BCUT2D eigenvalue weighted by Gasteiger charge is -2.21. The number of thiazole rings is 1. The van der Waals surface area contributed by atoms with Gasteiger partial charge in [-0.1, -0.05) is 42.0 Å². The SMILES string of the molecule is Cc1cccc(CN(C(=O)/C=C/c2nc3ccccc3s2)C2CC2)c1. The van der Waals surface area contributed by atoms with E-state index >= 15 is 0 Å². The molecule has 25 heavy (non-hydrogen) atoms. The monoisotopic (exact) mass is 348 g/mol. The Hall–Kier alpha value is -2.46. The van der Waals surface area contributed by atoms with Crippen LogP contribution >= 0.6 is 11.3 Å². The van der Waals surface area contributed by atoms with Gasteiger partial charge in [-0.05, 0) is 43.5 Å². The molecule has 1 aliphatic carbocycles. The van der Waals surface area contributed by atoms with Crippen molar-refractivity contribution in [1.82, 2.24) is 9.88 Å². The molecule has 4 rings (SSSR count). The molecule has 4 heteroatoms. The van der Waals surface area contributed by atoms with Crippen molar-refractivity contribution in [3.05, 3.63) is 70.7 Å². The molecule has 1 aromatic heterocycles. The number of fused-ring (bicyclic) bond motifs is 1. The first-order chi connectivity index (χ1) is 12.2. The first kappa shape index (κ1) is 16.0. The maximum absolute atomic E-state index is 12.7. The molecule has 0 N–H and O–H groups in total. The molecular formula is C21H20N2OS. The highest BCUT2D eigenvalue weighted by Gasteiger charge is 2.31. The van der Waals surface area contributed by atoms with Crippen molar-refractivity contribution in [2.75, 3.05) is 0 Å². The van der Waals surface area contributed by atoms with Crippen molar-refractivity contribution in [3.63, 3.8) is 0 Å². The van der Waals surface area contributed by atoms with E-state index in [2.05, 4.69) is 42.2 Å². The maximum Gasteiger partial charge on any atom is 0.247 e. The second-order valence-electron chi connectivity index (χ2n) is 6.54. The van der Waals surface area contributed by atoms with Gasteiger partial charge in [0.2, 0.25) is 5.91 Å². The largest absolute Gasteiger partial charge is 0.332 e. The van der Waals surface area contributed by atoms with Crippen molar-refractivity contribution in [3.8, 4) is 0 Å². The highest BCUT2D eigenvalue weighted by molar-refractivity contribution is 7.19. The van der Waals surface area contributed by atoms with Gasteiger partial charge in [-0.2, -0.15) is 0 Å². The predicted molar refractivity (Wildman–Crippen MR) is 103 cm³/mol. The molecule has 0 bridgehead atoms. The van der Waals surface area contributed by atoms with Crippen molar-refractivity contribution in [2.24, 2.45) is 0 Å². The van der Waals surface area contributed by atoms with Crippen LogP contribution in [0.2, 0.25) is 0 Å². The topological polar surface area (TPSA) is 33.2 Å². The van der Waals surface area contributed by atoms with Gasteiger partial charge in [-0.3, -0.25) is 4.79 Å². The molecule has 2 aromatic carbocycles. The molecule has 1 amide bonds. The van der Waals surface area contributed by atoms with Crippen LogP contribution in [0, 0.1) is 6.92 Å². The fraction of sp³-hybridized carbons (Fsp3) is 0.238. The number of para-hydroxylation sites is 1. The third kappa shape index (κ3) is 3.80. The van der Waals surface area contributed by atoms with Crippen molar-refractivity contribution in [1.29, 1.82) is 0 Å². The summed E-state index contributed by atoms with van der Waals surface area (Å²) >= 11 is 1.61. The molecule has 1 saturated carbocycles. The number of carbonyl (C=O) groups is 1. The van der Waals surface area contributed by atoms with Crippen LogP contribution < -0.4 is 0 Å². The fourth-order valence-electron chi connectivity index (χ4n) is 2.98. The molecule has 3 aromatic rings. The van der Waals surface area contributed by atoms with E-state index in [9.17, 15) is 4.79 Å². The van der Waals surface area contributed by atoms with E-state index in [0.717, 1.165) is 28.1 Å². The summed E-state index contributed by atoms with van der Waals surface area (Å²) < 4.78 is 1.15. The molecule has 126 valence electrons. The van der Waals surface area contributed by atoms with E-state index < -0.39 is 0 Å². The van der Waals surface area contributed by atoms with Gasteiger partial charge in [0.05, 0.1) is 10.2 Å². The fourth-order valence-corrected chi connectivity index (χ4v) is 3.85. The quantitative estimate of drug-likeness (QED) is 0.620. The zero-order valence-corrected chi connectivity index (χ0v) is 15.0. The van der Waals surface area contributed by atoms with Crippen LogP contribution in [0.15, 0.2) is 54.6 Å². The number of hydrogen-bond acceptors (Lipinski definition) is 3. The average molecular weight is 348 g/mol. The second-order valence-corrected chi connectivity index (χ2v) is 7.60. The summed E-state index contributed by atoms with van der Waals surface area (Å²) in [6.45, 7) is 2.76. The minimum atomic E-state index is 0.0725. The van der Waals surface area contributed by atoms with E-state index in [-0.39, 0.29) is 5.91 Å². The number of hydrogen-bond donors (Lipinski definition) is 0. The Morgan fingerprint density at radius 3 is 2.84 bits per heavy atom. The minimum Gasteiger partial charge on any atom is -0.332 e. The van der Waals surface area contributed by atoms with E-state index in [1.807, 2.05) is 29.2 Å². The van der Waals surface area contributed by atoms with Gasteiger partial charge in [0.1, 0.15) is 5.01 Å². The summed E-state index contributed by atoms with van der Waals surface area (Å²) in [6, 6.07) is 16.8. The summed E-state index contributed by atoms with van der Waals surface area (Å²) in [4.78, 5) is 19.3. The van der Waals surface area contributed by atoms with Crippen LogP contribution in [0.25, 0.3) is 16.3 Å². The van der Waals surface area contributed by atoms with Gasteiger partial charge in [-0.25, -0.2) is 4.98 Å². The third-order valence-corrected chi connectivity index (χ3v) is 5.39. The van der Waals surface area contributed by atoms with E-state index in [0.29, 0.717) is 12.6 Å². The molecule has 0 aliphatic heterocycles. The van der Waals surface area contributed by atoms with Crippen molar-refractivity contribution >= 4 is 33.5 Å². The number of amides is 1. The number of aromatic nitrogens is 1. The smallest absolute Gasteiger partial charge is 0.247 e. The van der Waals surface area contributed by atoms with Crippen LogP contribution in [-0.4, -0.2) is 21.8 Å². The molecule has 3 nitrogen and oxygen atoms in total. The molecule has 0 radical (unpaired) electrons. The predicted octanol–water partition coefficient (Wildman–Crippen LogP) is 4.81. The zero-order valence-electron chi connectivity index (χ0n) is 14.2. The Bertz CT molecular complexity index is 907. The lowest BCUT2D eigenvalue weighted by Crippen LogP contribution is -2.31. The summed E-state index contributed by atoms with van der Waals surface area (Å²) in [5, 5.41) is 0.876. The van der Waals surface area contributed by atoms with Gasteiger partial charge in [0, 0.05) is 18.7 Å². The first-order valence-electron chi connectivity index (χ1n) is 8.59. The third-order valence-electron chi connectivity index (χ3n) is 4.39. The summed E-state index contributed by atoms with van der Waals surface area (Å²) in [7, 11) is 0. The Morgan fingerprint density at radius 2 is 2.08 bits per heavy atom. The number of nitrogens with zero attached hydrogens (tertiary/aromatic N) is 2. The first-order valence-corrected chi connectivity index (χ1v) is 9.40. The van der Waals surface area contributed by atoms with Crippen LogP contribution in [0.5, 0.6) is 0 Å². The highest BCUT2D eigenvalue weighted by atomic mass is 32.1. The second kappa shape index (κ2) is 6.81. The standard InChI is InChI=1S/C21H20N2OS/c1-15-5-4-6-16(13-15)14-23(17-9-10-17)21(24)12-11-20-22-18-7-2-3-8-19(18)25-20/h2-8,11-13,17H,9-10,14H2,1H3/b12-11+. The van der Waals surface area contributed by atoms with Gasteiger partial charge < -0.3 is 4.90 Å². The lowest BCUT2D eigenvalue weighted by atomic mass is 10.1. The molecule has 1 aliphatic rings. The lowest BCUT2D eigenvalue weighted by molar-refractivity contribution is -0.127. The number of aryl methyl sites for hydroxylation is 1. The molecule has 1 fully saturated rings. The van der Waals surface area contributed by atoms with Crippen LogP contribution in [0.1, 0.15) is 29.0 Å². The summed E-state index contributed by atoms with van der Waals surface area (Å²) in [5.74, 6) is 0.0725. The Labute approximate surface area is 151 Å². The molecule has 0 spiro atoms. The van der Waals surface area contributed by atoms with E-state index in [4.69, 9.17) is 0 Å². The van der Waals surface area contributed by atoms with Crippen LogP contribution in [0.3, 0.4) is 0 Å². The zero-order chi connectivity index (χ0) is 17.2. The van der Waals surface area contributed by atoms with Crippen LogP contribution in [-0.2, 0) is 11.3 Å². The summed E-state index contributed by atoms with van der Waals surface area (Å²) in [6.07, 6.45) is 5.73. The van der Waals surface area contributed by atoms with Crippen LogP contribution in [0.4, 0.5) is 0 Å². The minimum absolute atomic E-state index is 0.0725. The van der Waals surface area contributed by atoms with E-state index in [1.165, 1.54) is 11.1 Å². The van der Waals surface area contributed by atoms with Gasteiger partial charge in [-0.15, -0.1) is 11.3 Å². The number of carbonyl (C=O) groups excluding carboxylic acids is 1. The average Bonchev–Trinajstić information content (AvgIpc) is 3.36. The van der Waals surface area contributed by atoms with E-state index in [1.54, 1.807) is 17.4 Å². The molecule has 0 atom stereocenters. The Kier molecular flexibility index (Phi) is 4.36. The molecule has 0 unspecified atom stereocenters. The van der Waals surface area contributed by atoms with Gasteiger partial charge in [0.15, 0.2) is 0 Å². The van der Waals surface area contributed by atoms with Crippen molar-refractivity contribution in [2.45, 2.75) is 32.4 Å². The van der Waals surface area contributed by atoms with Gasteiger partial charge in [0.25, 0.3) is 0 Å². The molecule has 0 saturated heterocycles. The molecule has 1 heterocycles. The summed E-state index contributed by atoms with van der Waals surface area (Å²) in [5.41, 5.74) is 3.40. The Balaban J connectivity index is 1.50. The highest BCUT2D eigenvalue weighted by Crippen LogP contribution is 2.29. The van der Waals surface area contributed by atoms with Crippen molar-refractivity contribution < 1.29 is 4.79 Å². The normalized spacial score (nSPS) is 14.3. The number of rotatable bonds is 5. The molecular weight excluding hydrogens is 328 g/mol.